The Balaban J connectivity index is 1.70. The number of benzene rings is 1. The molecule has 0 atom stereocenters. The molecule has 1 aromatic carbocycles. The SMILES string of the molecule is Cc1ccc(-c2cnc(CN3CCNCC3)o2)cc1. The first-order valence-electron chi connectivity index (χ1n) is 6.76. The molecule has 1 aromatic heterocycles. The summed E-state index contributed by atoms with van der Waals surface area (Å²) in [7, 11) is 0. The Morgan fingerprint density at radius 1 is 1.21 bits per heavy atom. The second-order valence-corrected chi connectivity index (χ2v) is 5.01. The highest BCUT2D eigenvalue weighted by molar-refractivity contribution is 5.56. The van der Waals surface area contributed by atoms with Gasteiger partial charge in [-0.25, -0.2) is 4.98 Å². The number of aryl methyl sites for hydroxylation is 1. The van der Waals surface area contributed by atoms with Crippen LogP contribution in [0.4, 0.5) is 0 Å². The minimum absolute atomic E-state index is 0.799. The smallest absolute Gasteiger partial charge is 0.209 e. The van der Waals surface area contributed by atoms with E-state index in [2.05, 4.69) is 46.4 Å². The normalized spacial score (nSPS) is 16.7. The molecule has 0 amide bonds. The predicted molar refractivity (Wildman–Crippen MR) is 74.8 cm³/mol. The van der Waals surface area contributed by atoms with Gasteiger partial charge < -0.3 is 9.73 Å². The molecule has 100 valence electrons. The molecule has 0 aliphatic carbocycles. The number of rotatable bonds is 3. The van der Waals surface area contributed by atoms with Crippen LogP contribution in [0.3, 0.4) is 0 Å². The second kappa shape index (κ2) is 5.55. The summed E-state index contributed by atoms with van der Waals surface area (Å²) in [6.07, 6.45) is 1.82. The lowest BCUT2D eigenvalue weighted by molar-refractivity contribution is 0.213. The van der Waals surface area contributed by atoms with Crippen LogP contribution < -0.4 is 5.32 Å². The molecule has 4 nitrogen and oxygen atoms in total. The Kier molecular flexibility index (Phi) is 3.62. The molecule has 0 bridgehead atoms. The summed E-state index contributed by atoms with van der Waals surface area (Å²) in [4.78, 5) is 6.74. The van der Waals surface area contributed by atoms with E-state index in [1.807, 2.05) is 6.20 Å². The van der Waals surface area contributed by atoms with Crippen molar-refractivity contribution in [1.29, 1.82) is 0 Å². The number of nitrogens with zero attached hydrogens (tertiary/aromatic N) is 2. The highest BCUT2D eigenvalue weighted by atomic mass is 16.4. The van der Waals surface area contributed by atoms with Crippen molar-refractivity contribution in [3.05, 3.63) is 41.9 Å². The van der Waals surface area contributed by atoms with Crippen LogP contribution in [-0.4, -0.2) is 36.1 Å². The molecule has 0 spiro atoms. The van der Waals surface area contributed by atoms with Crippen LogP contribution >= 0.6 is 0 Å². The van der Waals surface area contributed by atoms with E-state index in [0.717, 1.165) is 49.9 Å². The standard InChI is InChI=1S/C15H19N3O/c1-12-2-4-13(5-3-12)14-10-17-15(19-14)11-18-8-6-16-7-9-18/h2-5,10,16H,6-9,11H2,1H3. The van der Waals surface area contributed by atoms with Gasteiger partial charge >= 0.3 is 0 Å². The van der Waals surface area contributed by atoms with Gasteiger partial charge in [-0.15, -0.1) is 0 Å². The van der Waals surface area contributed by atoms with Gasteiger partial charge in [0.1, 0.15) is 0 Å². The lowest BCUT2D eigenvalue weighted by Gasteiger charge is -2.25. The van der Waals surface area contributed by atoms with Crippen molar-refractivity contribution in [2.75, 3.05) is 26.2 Å². The van der Waals surface area contributed by atoms with Crippen molar-refractivity contribution in [2.24, 2.45) is 0 Å². The van der Waals surface area contributed by atoms with Crippen LogP contribution in [0.2, 0.25) is 0 Å². The van der Waals surface area contributed by atoms with E-state index in [4.69, 9.17) is 4.42 Å². The number of aromatic nitrogens is 1. The Hall–Kier alpha value is -1.65. The van der Waals surface area contributed by atoms with Crippen LogP contribution in [0.5, 0.6) is 0 Å². The number of nitrogens with one attached hydrogen (secondary N) is 1. The van der Waals surface area contributed by atoms with E-state index in [-0.39, 0.29) is 0 Å². The summed E-state index contributed by atoms with van der Waals surface area (Å²) in [6, 6.07) is 8.33. The van der Waals surface area contributed by atoms with Crippen molar-refractivity contribution < 1.29 is 4.42 Å². The van der Waals surface area contributed by atoms with Crippen LogP contribution in [0.15, 0.2) is 34.9 Å². The predicted octanol–water partition coefficient (Wildman–Crippen LogP) is 2.06. The number of hydrogen-bond acceptors (Lipinski definition) is 4. The van der Waals surface area contributed by atoms with Crippen molar-refractivity contribution in [2.45, 2.75) is 13.5 Å². The minimum Gasteiger partial charge on any atom is -0.439 e. The Morgan fingerprint density at radius 3 is 2.68 bits per heavy atom. The fourth-order valence-electron chi connectivity index (χ4n) is 2.30. The summed E-state index contributed by atoms with van der Waals surface area (Å²) in [6.45, 7) is 7.09. The molecule has 1 aliphatic rings. The third-order valence-corrected chi connectivity index (χ3v) is 3.46. The lowest BCUT2D eigenvalue weighted by atomic mass is 10.1. The van der Waals surface area contributed by atoms with E-state index in [0.29, 0.717) is 0 Å². The van der Waals surface area contributed by atoms with Gasteiger partial charge in [0.05, 0.1) is 12.7 Å². The van der Waals surface area contributed by atoms with Crippen LogP contribution in [0, 0.1) is 6.92 Å². The van der Waals surface area contributed by atoms with Gasteiger partial charge in [0.15, 0.2) is 5.76 Å². The first-order valence-corrected chi connectivity index (χ1v) is 6.76. The fraction of sp³-hybridized carbons (Fsp3) is 0.400. The van der Waals surface area contributed by atoms with Gasteiger partial charge in [-0.05, 0) is 6.92 Å². The van der Waals surface area contributed by atoms with Crippen molar-refractivity contribution in [1.82, 2.24) is 15.2 Å². The van der Waals surface area contributed by atoms with Gasteiger partial charge in [0, 0.05) is 31.7 Å². The average Bonchev–Trinajstić information content (AvgIpc) is 2.89. The molecule has 1 N–H and O–H groups in total. The van der Waals surface area contributed by atoms with E-state index >= 15 is 0 Å². The molecule has 1 aliphatic heterocycles. The van der Waals surface area contributed by atoms with Crippen molar-refractivity contribution in [3.63, 3.8) is 0 Å². The maximum Gasteiger partial charge on any atom is 0.209 e. The topological polar surface area (TPSA) is 41.3 Å². The Bertz CT molecular complexity index is 527. The molecule has 4 heteroatoms. The molecule has 1 saturated heterocycles. The minimum atomic E-state index is 0.799. The molecule has 3 rings (SSSR count). The van der Waals surface area contributed by atoms with E-state index < -0.39 is 0 Å². The Labute approximate surface area is 113 Å². The lowest BCUT2D eigenvalue weighted by Crippen LogP contribution is -2.42. The van der Waals surface area contributed by atoms with E-state index in [9.17, 15) is 0 Å². The first-order chi connectivity index (χ1) is 9.31. The third kappa shape index (κ3) is 3.03. The molecule has 0 saturated carbocycles. The quantitative estimate of drug-likeness (QED) is 0.913. The van der Waals surface area contributed by atoms with Crippen molar-refractivity contribution in [3.8, 4) is 11.3 Å². The zero-order chi connectivity index (χ0) is 13.1. The van der Waals surface area contributed by atoms with Gasteiger partial charge in [-0.1, -0.05) is 29.8 Å². The summed E-state index contributed by atoms with van der Waals surface area (Å²) in [5.41, 5.74) is 2.34. The molecule has 19 heavy (non-hydrogen) atoms. The molecular formula is C15H19N3O. The van der Waals surface area contributed by atoms with E-state index in [1.54, 1.807) is 0 Å². The summed E-state index contributed by atoms with van der Waals surface area (Å²) >= 11 is 0. The Morgan fingerprint density at radius 2 is 1.95 bits per heavy atom. The first kappa shape index (κ1) is 12.4. The van der Waals surface area contributed by atoms with Gasteiger partial charge in [0.25, 0.3) is 0 Å². The average molecular weight is 257 g/mol. The van der Waals surface area contributed by atoms with Crippen LogP contribution in [0.25, 0.3) is 11.3 Å². The largest absolute Gasteiger partial charge is 0.439 e. The van der Waals surface area contributed by atoms with Gasteiger partial charge in [0.2, 0.25) is 5.89 Å². The summed E-state index contributed by atoms with van der Waals surface area (Å²) < 4.78 is 5.84. The fourth-order valence-corrected chi connectivity index (χ4v) is 2.30. The zero-order valence-electron chi connectivity index (χ0n) is 11.2. The number of hydrogen-bond donors (Lipinski definition) is 1. The van der Waals surface area contributed by atoms with Gasteiger partial charge in [-0.2, -0.15) is 0 Å². The molecule has 0 radical (unpaired) electrons. The maximum atomic E-state index is 5.84. The monoisotopic (exact) mass is 257 g/mol. The van der Waals surface area contributed by atoms with E-state index in [1.165, 1.54) is 5.56 Å². The number of piperazine rings is 1. The second-order valence-electron chi connectivity index (χ2n) is 5.01. The van der Waals surface area contributed by atoms with Crippen LogP contribution in [0.1, 0.15) is 11.5 Å². The molecule has 1 fully saturated rings. The zero-order valence-corrected chi connectivity index (χ0v) is 11.2. The molecular weight excluding hydrogens is 238 g/mol. The van der Waals surface area contributed by atoms with Gasteiger partial charge in [-0.3, -0.25) is 4.90 Å². The highest BCUT2D eigenvalue weighted by Gasteiger charge is 2.13. The highest BCUT2D eigenvalue weighted by Crippen LogP contribution is 2.21. The molecule has 2 aromatic rings. The number of oxazole rings is 1. The summed E-state index contributed by atoms with van der Waals surface area (Å²) in [5, 5.41) is 3.34. The summed E-state index contributed by atoms with van der Waals surface area (Å²) in [5.74, 6) is 1.66. The third-order valence-electron chi connectivity index (χ3n) is 3.46. The van der Waals surface area contributed by atoms with Crippen molar-refractivity contribution >= 4 is 0 Å². The maximum absolute atomic E-state index is 5.84. The molecule has 2 heterocycles. The molecule has 0 unspecified atom stereocenters. The van der Waals surface area contributed by atoms with Crippen LogP contribution in [-0.2, 0) is 6.54 Å².